The van der Waals surface area contributed by atoms with Crippen molar-refractivity contribution in [3.8, 4) is 0 Å². The van der Waals surface area contributed by atoms with Gasteiger partial charge in [0.2, 0.25) is 0 Å². The van der Waals surface area contributed by atoms with E-state index < -0.39 is 7.72 Å². The number of rotatable bonds is 2. The number of fused-ring (bicyclic) bond motifs is 2. The van der Waals surface area contributed by atoms with Crippen molar-refractivity contribution in [3.05, 3.63) is 84.9 Å². The van der Waals surface area contributed by atoms with Gasteiger partial charge in [-0.05, 0) is 22.9 Å². The second-order valence-electron chi connectivity index (χ2n) is 5.70. The van der Waals surface area contributed by atoms with E-state index in [1.807, 2.05) is 0 Å². The van der Waals surface area contributed by atoms with Crippen LogP contribution in [0, 0.1) is 0 Å². The van der Waals surface area contributed by atoms with Crippen molar-refractivity contribution < 1.29 is 9.35 Å². The van der Waals surface area contributed by atoms with Crippen molar-refractivity contribution in [2.75, 3.05) is 0 Å². The maximum atomic E-state index is 5.70. The Kier molecular flexibility index (Phi) is 2.80. The van der Waals surface area contributed by atoms with E-state index in [0.717, 1.165) is 10.6 Å². The number of hydrogen-bond donors (Lipinski definition) is 0. The third kappa shape index (κ3) is 1.93. The molecule has 0 spiro atoms. The molecule has 0 aromatic heterocycles. The summed E-state index contributed by atoms with van der Waals surface area (Å²) in [6, 6.07) is 29.5. The van der Waals surface area contributed by atoms with Crippen LogP contribution in [-0.4, -0.2) is 0 Å². The molecule has 1 aliphatic rings. The summed E-state index contributed by atoms with van der Waals surface area (Å²) in [5.74, 6) is 0. The minimum atomic E-state index is -2.19. The van der Waals surface area contributed by atoms with E-state index in [2.05, 4.69) is 84.9 Å². The average molecular weight is 317 g/mol. The minimum Gasteiger partial charge on any atom is -0.0616 e. The quantitative estimate of drug-likeness (QED) is 0.303. The third-order valence-electron chi connectivity index (χ3n) is 4.39. The second kappa shape index (κ2) is 4.87. The van der Waals surface area contributed by atoms with Gasteiger partial charge < -0.3 is 0 Å². The van der Waals surface area contributed by atoms with Gasteiger partial charge in [0.15, 0.2) is 10.6 Å². The molecule has 0 bridgehead atoms. The molecule has 0 N–H and O–H groups in total. The van der Waals surface area contributed by atoms with E-state index in [0.29, 0.717) is 0 Å². The SMILES string of the molecule is c1ccc2c([P+]3(c4cccc5ccccc45)OO3)cccc2c1. The van der Waals surface area contributed by atoms with Crippen molar-refractivity contribution in [2.45, 2.75) is 0 Å². The Morgan fingerprint density at radius 1 is 0.478 bits per heavy atom. The second-order valence-corrected chi connectivity index (χ2v) is 8.06. The Morgan fingerprint density at radius 3 is 1.39 bits per heavy atom. The Balaban J connectivity index is 1.81. The van der Waals surface area contributed by atoms with Crippen LogP contribution in [0.15, 0.2) is 84.9 Å². The molecule has 3 heteroatoms. The van der Waals surface area contributed by atoms with Crippen LogP contribution in [0.3, 0.4) is 0 Å². The van der Waals surface area contributed by atoms with Crippen LogP contribution >= 0.6 is 7.72 Å². The van der Waals surface area contributed by atoms with Crippen molar-refractivity contribution in [1.82, 2.24) is 0 Å². The first-order valence-electron chi connectivity index (χ1n) is 7.62. The normalized spacial score (nSPS) is 15.8. The molecule has 4 aromatic rings. The maximum Gasteiger partial charge on any atom is 0.432 e. The summed E-state index contributed by atoms with van der Waals surface area (Å²) in [6.45, 7) is 0. The predicted octanol–water partition coefficient (Wildman–Crippen LogP) is 4.75. The summed E-state index contributed by atoms with van der Waals surface area (Å²) >= 11 is 0. The van der Waals surface area contributed by atoms with Crippen molar-refractivity contribution >= 4 is 39.9 Å². The summed E-state index contributed by atoms with van der Waals surface area (Å²) in [5, 5.41) is 7.15. The molecule has 0 saturated carbocycles. The fourth-order valence-electron chi connectivity index (χ4n) is 3.25. The summed E-state index contributed by atoms with van der Waals surface area (Å²) in [5.41, 5.74) is 0. The monoisotopic (exact) mass is 317 g/mol. The van der Waals surface area contributed by atoms with Crippen LogP contribution < -0.4 is 10.6 Å². The van der Waals surface area contributed by atoms with Gasteiger partial charge in [-0.3, -0.25) is 0 Å². The van der Waals surface area contributed by atoms with E-state index in [1.165, 1.54) is 21.5 Å². The Morgan fingerprint density at radius 2 is 0.913 bits per heavy atom. The molecule has 1 fully saturated rings. The van der Waals surface area contributed by atoms with Gasteiger partial charge in [-0.25, -0.2) is 0 Å². The van der Waals surface area contributed by atoms with Gasteiger partial charge in [-0.2, -0.15) is 0 Å². The highest BCUT2D eigenvalue weighted by molar-refractivity contribution is 7.85. The first-order valence-corrected chi connectivity index (χ1v) is 9.25. The zero-order valence-electron chi connectivity index (χ0n) is 12.3. The molecule has 1 aliphatic heterocycles. The summed E-state index contributed by atoms with van der Waals surface area (Å²) in [6.07, 6.45) is 0. The van der Waals surface area contributed by atoms with Gasteiger partial charge in [-0.15, -0.1) is 0 Å². The van der Waals surface area contributed by atoms with Gasteiger partial charge in [-0.1, -0.05) is 72.8 Å². The highest BCUT2D eigenvalue weighted by Gasteiger charge is 2.68. The maximum absolute atomic E-state index is 5.70. The molecule has 1 heterocycles. The van der Waals surface area contributed by atoms with Gasteiger partial charge in [0, 0.05) is 20.1 Å². The van der Waals surface area contributed by atoms with E-state index in [-0.39, 0.29) is 0 Å². The highest BCUT2D eigenvalue weighted by atomic mass is 31.2. The Hall–Kier alpha value is -2.25. The van der Waals surface area contributed by atoms with Crippen LogP contribution in [-0.2, 0) is 9.35 Å². The zero-order chi connectivity index (χ0) is 15.3. The molecule has 2 nitrogen and oxygen atoms in total. The lowest BCUT2D eigenvalue weighted by atomic mass is 10.1. The van der Waals surface area contributed by atoms with Crippen LogP contribution in [0.5, 0.6) is 0 Å². The topological polar surface area (TPSA) is 25.1 Å². The Bertz CT molecular complexity index is 946. The lowest BCUT2D eigenvalue weighted by Gasteiger charge is -2.05. The summed E-state index contributed by atoms with van der Waals surface area (Å²) in [4.78, 5) is 0. The molecular formula is C20H14O2P+. The largest absolute Gasteiger partial charge is 0.432 e. The molecular weight excluding hydrogens is 303 g/mol. The van der Waals surface area contributed by atoms with Crippen LogP contribution in [0.25, 0.3) is 21.5 Å². The fourth-order valence-corrected chi connectivity index (χ4v) is 5.71. The van der Waals surface area contributed by atoms with Crippen molar-refractivity contribution in [2.24, 2.45) is 0 Å². The first-order chi connectivity index (χ1) is 11.4. The lowest BCUT2D eigenvalue weighted by Crippen LogP contribution is -2.14. The predicted molar refractivity (Wildman–Crippen MR) is 96.3 cm³/mol. The number of hydrogen-bond acceptors (Lipinski definition) is 2. The average Bonchev–Trinajstić information content (AvgIpc) is 3.42. The van der Waals surface area contributed by atoms with Crippen molar-refractivity contribution in [3.63, 3.8) is 0 Å². The summed E-state index contributed by atoms with van der Waals surface area (Å²) in [7, 11) is -2.19. The van der Waals surface area contributed by atoms with Crippen LogP contribution in [0.4, 0.5) is 0 Å². The van der Waals surface area contributed by atoms with Gasteiger partial charge >= 0.3 is 7.72 Å². The van der Waals surface area contributed by atoms with Gasteiger partial charge in [0.25, 0.3) is 0 Å². The Labute approximate surface area is 134 Å². The number of benzene rings is 4. The van der Waals surface area contributed by atoms with Crippen LogP contribution in [0.1, 0.15) is 0 Å². The minimum absolute atomic E-state index is 1.16. The molecule has 23 heavy (non-hydrogen) atoms. The first kappa shape index (κ1) is 13.2. The van der Waals surface area contributed by atoms with Gasteiger partial charge in [0.05, 0.1) is 0 Å². The molecule has 0 atom stereocenters. The van der Waals surface area contributed by atoms with E-state index in [1.54, 1.807) is 0 Å². The smallest absolute Gasteiger partial charge is 0.0616 e. The molecule has 1 saturated heterocycles. The lowest BCUT2D eigenvalue weighted by molar-refractivity contribution is 0.0850. The highest BCUT2D eigenvalue weighted by Crippen LogP contribution is 2.74. The van der Waals surface area contributed by atoms with E-state index in [4.69, 9.17) is 9.35 Å². The van der Waals surface area contributed by atoms with Gasteiger partial charge in [0.1, 0.15) is 0 Å². The van der Waals surface area contributed by atoms with E-state index >= 15 is 0 Å². The summed E-state index contributed by atoms with van der Waals surface area (Å²) < 4.78 is 11.4. The van der Waals surface area contributed by atoms with Crippen LogP contribution in [0.2, 0.25) is 0 Å². The molecule has 5 rings (SSSR count). The molecule has 110 valence electrons. The van der Waals surface area contributed by atoms with E-state index in [9.17, 15) is 0 Å². The fraction of sp³-hybridized carbons (Fsp3) is 0. The van der Waals surface area contributed by atoms with Crippen molar-refractivity contribution in [1.29, 1.82) is 0 Å². The molecule has 0 unspecified atom stereocenters. The molecule has 4 aromatic carbocycles. The molecule has 0 radical (unpaired) electrons. The molecule has 0 aliphatic carbocycles. The molecule has 0 amide bonds. The third-order valence-corrected chi connectivity index (χ3v) is 6.89. The standard InChI is InChI=1S/C20H14O2P/c1-3-11-17-15(7-1)9-5-13-19(17)23(21-22-23)20-14-6-10-16-8-2-4-12-18(16)20/h1-14H/q+1. The zero-order valence-corrected chi connectivity index (χ0v) is 13.2.